The maximum atomic E-state index is 13.8. The van der Waals surface area contributed by atoms with Gasteiger partial charge >= 0.3 is 0 Å². The second-order valence-corrected chi connectivity index (χ2v) is 6.74. The Morgan fingerprint density at radius 3 is 2.52 bits per heavy atom. The first-order valence-corrected chi connectivity index (χ1v) is 8.93. The van der Waals surface area contributed by atoms with E-state index in [-0.39, 0.29) is 11.5 Å². The predicted molar refractivity (Wildman–Crippen MR) is 100 cm³/mol. The van der Waals surface area contributed by atoms with E-state index >= 15 is 0 Å². The van der Waals surface area contributed by atoms with E-state index in [1.54, 1.807) is 23.6 Å². The normalized spacial score (nSPS) is 15.3. The molecular formula is C20H17F3N4O2. The van der Waals surface area contributed by atoms with E-state index in [0.717, 1.165) is 12.1 Å². The van der Waals surface area contributed by atoms with Crippen LogP contribution in [0.5, 0.6) is 5.88 Å². The number of pyridine rings is 1. The number of halogens is 3. The van der Waals surface area contributed by atoms with Crippen LogP contribution in [0.15, 0.2) is 35.1 Å². The number of fused-ring (bicyclic) bond motifs is 1. The molecule has 3 heterocycles. The average molecular weight is 402 g/mol. The van der Waals surface area contributed by atoms with Crippen LogP contribution in [0, 0.1) is 24.4 Å². The molecule has 0 radical (unpaired) electrons. The van der Waals surface area contributed by atoms with Crippen molar-refractivity contribution in [2.45, 2.75) is 25.8 Å². The van der Waals surface area contributed by atoms with E-state index in [4.69, 9.17) is 4.74 Å². The van der Waals surface area contributed by atoms with Crippen molar-refractivity contribution in [2.24, 2.45) is 0 Å². The minimum atomic E-state index is -1.51. The number of anilines is 2. The number of rotatable bonds is 4. The van der Waals surface area contributed by atoms with Crippen LogP contribution in [0.25, 0.3) is 0 Å². The molecule has 1 atom stereocenters. The Labute approximate surface area is 164 Å². The summed E-state index contributed by atoms with van der Waals surface area (Å²) in [4.78, 5) is 20.4. The van der Waals surface area contributed by atoms with Crippen molar-refractivity contribution < 1.29 is 17.9 Å². The first kappa shape index (κ1) is 19.0. The van der Waals surface area contributed by atoms with Crippen molar-refractivity contribution in [2.75, 3.05) is 12.4 Å². The van der Waals surface area contributed by atoms with Gasteiger partial charge in [-0.1, -0.05) is 0 Å². The van der Waals surface area contributed by atoms with Crippen LogP contribution in [0.3, 0.4) is 0 Å². The molecule has 6 nitrogen and oxygen atoms in total. The van der Waals surface area contributed by atoms with E-state index in [2.05, 4.69) is 15.3 Å². The number of hydrogen-bond acceptors (Lipinski definition) is 5. The predicted octanol–water partition coefficient (Wildman–Crippen LogP) is 3.65. The number of aryl methyl sites for hydroxylation is 2. The number of aromatic nitrogens is 3. The van der Waals surface area contributed by atoms with Gasteiger partial charge in [-0.25, -0.2) is 18.2 Å². The van der Waals surface area contributed by atoms with E-state index in [0.29, 0.717) is 35.8 Å². The standard InChI is InChI=1S/C20H17F3N4O2/c1-10-15(4-6-18(24-10)29-2)25-20-26-17(28)9-12-3-5-16(27(12)20)11-7-13(21)19(23)14(22)8-11/h4,6-9,16H,3,5H2,1-2H3,(H,25,26,28). The van der Waals surface area contributed by atoms with Crippen molar-refractivity contribution in [3.8, 4) is 5.88 Å². The molecule has 1 N–H and O–H groups in total. The van der Waals surface area contributed by atoms with E-state index < -0.39 is 29.1 Å². The molecule has 1 aliphatic rings. The topological polar surface area (TPSA) is 69.0 Å². The molecular weight excluding hydrogens is 385 g/mol. The van der Waals surface area contributed by atoms with Gasteiger partial charge in [-0.2, -0.15) is 4.98 Å². The van der Waals surface area contributed by atoms with Crippen LogP contribution in [0.4, 0.5) is 24.8 Å². The molecule has 2 aromatic heterocycles. The summed E-state index contributed by atoms with van der Waals surface area (Å²) in [6.45, 7) is 1.76. The summed E-state index contributed by atoms with van der Waals surface area (Å²) in [6.07, 6.45) is 1.00. The molecule has 1 unspecified atom stereocenters. The fourth-order valence-electron chi connectivity index (χ4n) is 3.57. The minimum absolute atomic E-state index is 0.218. The molecule has 0 saturated heterocycles. The first-order valence-electron chi connectivity index (χ1n) is 8.93. The Balaban J connectivity index is 1.79. The summed E-state index contributed by atoms with van der Waals surface area (Å²) in [6, 6.07) is 6.22. The van der Waals surface area contributed by atoms with Crippen LogP contribution < -0.4 is 15.6 Å². The Kier molecular flexibility index (Phi) is 4.73. The molecule has 3 aromatic rings. The van der Waals surface area contributed by atoms with Gasteiger partial charge < -0.3 is 14.6 Å². The molecule has 150 valence electrons. The summed E-state index contributed by atoms with van der Waals surface area (Å²) in [5, 5.41) is 3.08. The average Bonchev–Trinajstić information content (AvgIpc) is 3.11. The van der Waals surface area contributed by atoms with Gasteiger partial charge in [-0.05, 0) is 43.5 Å². The second-order valence-electron chi connectivity index (χ2n) is 6.74. The van der Waals surface area contributed by atoms with Gasteiger partial charge in [0.2, 0.25) is 11.8 Å². The number of hydrogen-bond donors (Lipinski definition) is 1. The van der Waals surface area contributed by atoms with Gasteiger partial charge in [0.15, 0.2) is 17.5 Å². The second kappa shape index (κ2) is 7.23. The van der Waals surface area contributed by atoms with Gasteiger partial charge in [-0.15, -0.1) is 0 Å². The van der Waals surface area contributed by atoms with Crippen molar-refractivity contribution in [1.29, 1.82) is 0 Å². The van der Waals surface area contributed by atoms with Crippen LogP contribution >= 0.6 is 0 Å². The number of nitrogens with zero attached hydrogens (tertiary/aromatic N) is 3. The molecule has 1 aromatic carbocycles. The quantitative estimate of drug-likeness (QED) is 0.675. The highest BCUT2D eigenvalue weighted by molar-refractivity contribution is 5.57. The smallest absolute Gasteiger partial charge is 0.274 e. The number of nitrogens with one attached hydrogen (secondary N) is 1. The van der Waals surface area contributed by atoms with Gasteiger partial charge in [0.05, 0.1) is 24.5 Å². The van der Waals surface area contributed by atoms with Gasteiger partial charge in [0.1, 0.15) is 0 Å². The third-order valence-electron chi connectivity index (χ3n) is 4.94. The lowest BCUT2D eigenvalue weighted by molar-refractivity contribution is 0.397. The molecule has 0 aliphatic carbocycles. The fourth-order valence-corrected chi connectivity index (χ4v) is 3.57. The van der Waals surface area contributed by atoms with Crippen LogP contribution in [0.1, 0.15) is 29.4 Å². The zero-order valence-electron chi connectivity index (χ0n) is 15.7. The minimum Gasteiger partial charge on any atom is -0.481 e. The molecule has 1 aliphatic heterocycles. The Morgan fingerprint density at radius 1 is 1.14 bits per heavy atom. The molecule has 4 rings (SSSR count). The van der Waals surface area contributed by atoms with E-state index in [1.165, 1.54) is 13.2 Å². The Bertz CT molecular complexity index is 1140. The first-order chi connectivity index (χ1) is 13.9. The van der Waals surface area contributed by atoms with Crippen LogP contribution in [0.2, 0.25) is 0 Å². The molecule has 0 saturated carbocycles. The lowest BCUT2D eigenvalue weighted by Gasteiger charge is -2.21. The third kappa shape index (κ3) is 3.43. The lowest BCUT2D eigenvalue weighted by atomic mass is 10.0. The summed E-state index contributed by atoms with van der Waals surface area (Å²) in [7, 11) is 1.51. The van der Waals surface area contributed by atoms with E-state index in [9.17, 15) is 18.0 Å². The fraction of sp³-hybridized carbons (Fsp3) is 0.250. The van der Waals surface area contributed by atoms with Crippen molar-refractivity contribution in [3.63, 3.8) is 0 Å². The SMILES string of the molecule is COc1ccc(Nc2nc(=O)cc3n2C(c2cc(F)c(F)c(F)c2)CC3)c(C)n1. The molecule has 0 fully saturated rings. The molecule has 0 amide bonds. The number of ether oxygens (including phenoxy) is 1. The van der Waals surface area contributed by atoms with Crippen molar-refractivity contribution in [1.82, 2.24) is 14.5 Å². The maximum absolute atomic E-state index is 13.8. The number of methoxy groups -OCH3 is 1. The largest absolute Gasteiger partial charge is 0.481 e. The van der Waals surface area contributed by atoms with Gasteiger partial charge in [0, 0.05) is 17.8 Å². The molecule has 9 heteroatoms. The lowest BCUT2D eigenvalue weighted by Crippen LogP contribution is -2.20. The highest BCUT2D eigenvalue weighted by atomic mass is 19.2. The Hall–Kier alpha value is -3.36. The Morgan fingerprint density at radius 2 is 1.86 bits per heavy atom. The zero-order valence-corrected chi connectivity index (χ0v) is 15.7. The summed E-state index contributed by atoms with van der Waals surface area (Å²) >= 11 is 0. The highest BCUT2D eigenvalue weighted by Gasteiger charge is 2.28. The van der Waals surface area contributed by atoms with Crippen LogP contribution in [-0.2, 0) is 6.42 Å². The monoisotopic (exact) mass is 402 g/mol. The third-order valence-corrected chi connectivity index (χ3v) is 4.94. The van der Waals surface area contributed by atoms with Crippen molar-refractivity contribution >= 4 is 11.6 Å². The van der Waals surface area contributed by atoms with Gasteiger partial charge in [0.25, 0.3) is 5.56 Å². The molecule has 0 bridgehead atoms. The number of benzene rings is 1. The highest BCUT2D eigenvalue weighted by Crippen LogP contribution is 2.35. The molecule has 0 spiro atoms. The van der Waals surface area contributed by atoms with E-state index in [1.807, 2.05) is 0 Å². The summed E-state index contributed by atoms with van der Waals surface area (Å²) in [5.41, 5.74) is 1.71. The molecule has 29 heavy (non-hydrogen) atoms. The summed E-state index contributed by atoms with van der Waals surface area (Å²) < 4.78 is 47.7. The maximum Gasteiger partial charge on any atom is 0.274 e. The van der Waals surface area contributed by atoms with Gasteiger partial charge in [-0.3, -0.25) is 4.79 Å². The summed E-state index contributed by atoms with van der Waals surface area (Å²) in [5.74, 6) is -3.37. The van der Waals surface area contributed by atoms with Crippen LogP contribution in [-0.4, -0.2) is 21.6 Å². The van der Waals surface area contributed by atoms with Crippen molar-refractivity contribution in [3.05, 3.63) is 75.1 Å². The zero-order chi connectivity index (χ0) is 20.7.